The van der Waals surface area contributed by atoms with Crippen molar-refractivity contribution in [1.82, 2.24) is 10.3 Å². The summed E-state index contributed by atoms with van der Waals surface area (Å²) in [7, 11) is 1.32. The maximum atomic E-state index is 13.0. The number of nitrogens with zero attached hydrogens (tertiary/aromatic N) is 1. The molecule has 1 saturated carbocycles. The molecule has 1 aliphatic heterocycles. The average molecular weight is 438 g/mol. The summed E-state index contributed by atoms with van der Waals surface area (Å²) in [5.74, 6) is 1.49. The van der Waals surface area contributed by atoms with E-state index in [2.05, 4.69) is 20.4 Å². The zero-order valence-corrected chi connectivity index (χ0v) is 18.2. The van der Waals surface area contributed by atoms with Crippen molar-refractivity contribution in [3.63, 3.8) is 0 Å². The summed E-state index contributed by atoms with van der Waals surface area (Å²) in [6, 6.07) is 5.89. The minimum Gasteiger partial charge on any atom is -0.453 e. The van der Waals surface area contributed by atoms with Crippen LogP contribution in [0.2, 0.25) is 0 Å². The standard InChI is InChI=1S/C21H27N3O3S.ClH/c1-27-21(26)24-20-23-16-8-7-13(12-18(16)28-20)11-17(25)19-15(9-10-22-19)14-5-3-2-4-6-14;/h7-8,12,14-15,19,22H,2-6,9-11H2,1H3,(H,23,24,26);1H/t15-,19-;/m0./s1. The van der Waals surface area contributed by atoms with Gasteiger partial charge in [0, 0.05) is 6.42 Å². The highest BCUT2D eigenvalue weighted by Gasteiger charge is 2.37. The van der Waals surface area contributed by atoms with E-state index in [9.17, 15) is 9.59 Å². The van der Waals surface area contributed by atoms with E-state index in [1.165, 1.54) is 50.6 Å². The molecule has 0 radical (unpaired) electrons. The monoisotopic (exact) mass is 437 g/mol. The Kier molecular flexibility index (Phi) is 7.49. The van der Waals surface area contributed by atoms with Gasteiger partial charge in [0.1, 0.15) is 0 Å². The molecule has 2 atom stereocenters. The number of methoxy groups -OCH3 is 1. The van der Waals surface area contributed by atoms with Gasteiger partial charge in [-0.2, -0.15) is 0 Å². The number of amides is 1. The molecule has 0 unspecified atom stereocenters. The molecule has 1 saturated heterocycles. The Hall–Kier alpha value is -1.70. The molecule has 0 bridgehead atoms. The molecule has 29 heavy (non-hydrogen) atoms. The lowest BCUT2D eigenvalue weighted by Crippen LogP contribution is -2.40. The number of aromatic nitrogens is 1. The first-order valence-corrected chi connectivity index (χ1v) is 11.0. The van der Waals surface area contributed by atoms with Crippen molar-refractivity contribution in [2.45, 2.75) is 51.0 Å². The van der Waals surface area contributed by atoms with Crippen LogP contribution in [0.25, 0.3) is 10.2 Å². The van der Waals surface area contributed by atoms with Crippen molar-refractivity contribution in [3.05, 3.63) is 23.8 Å². The number of carbonyl (C=O) groups is 2. The molecular formula is C21H28ClN3O3S. The van der Waals surface area contributed by atoms with Crippen LogP contribution in [0.3, 0.4) is 0 Å². The number of thiazole rings is 1. The molecule has 1 aliphatic carbocycles. The highest BCUT2D eigenvalue weighted by Crippen LogP contribution is 2.36. The smallest absolute Gasteiger partial charge is 0.413 e. The van der Waals surface area contributed by atoms with Crippen molar-refractivity contribution < 1.29 is 14.3 Å². The molecule has 4 rings (SSSR count). The Bertz CT molecular complexity index is 866. The molecule has 2 N–H and O–H groups in total. The lowest BCUT2D eigenvalue weighted by Gasteiger charge is -2.30. The molecule has 1 aromatic heterocycles. The van der Waals surface area contributed by atoms with Gasteiger partial charge in [0.25, 0.3) is 0 Å². The highest BCUT2D eigenvalue weighted by atomic mass is 35.5. The minimum absolute atomic E-state index is 0. The number of hydrogen-bond donors (Lipinski definition) is 2. The third kappa shape index (κ3) is 5.08. The van der Waals surface area contributed by atoms with Crippen LogP contribution in [0, 0.1) is 11.8 Å². The zero-order chi connectivity index (χ0) is 19.5. The number of nitrogens with one attached hydrogen (secondary N) is 2. The Morgan fingerprint density at radius 1 is 1.24 bits per heavy atom. The molecule has 2 aliphatic rings. The van der Waals surface area contributed by atoms with Crippen molar-refractivity contribution in [2.24, 2.45) is 11.8 Å². The minimum atomic E-state index is -0.532. The number of ether oxygens (including phenoxy) is 1. The Labute approximate surface area is 181 Å². The summed E-state index contributed by atoms with van der Waals surface area (Å²) in [6.07, 6.45) is 7.55. The SMILES string of the molecule is COC(=O)Nc1nc2ccc(CC(=O)[C@H]3NCC[C@H]3C3CCCCC3)cc2s1.Cl. The topological polar surface area (TPSA) is 80.3 Å². The summed E-state index contributed by atoms with van der Waals surface area (Å²) in [6.45, 7) is 0.952. The van der Waals surface area contributed by atoms with Crippen LogP contribution in [-0.4, -0.2) is 36.6 Å². The van der Waals surface area contributed by atoms with Crippen LogP contribution in [0.15, 0.2) is 18.2 Å². The number of ketones is 1. The van der Waals surface area contributed by atoms with E-state index in [1.54, 1.807) is 0 Å². The summed E-state index contributed by atoms with van der Waals surface area (Å²) >= 11 is 1.39. The van der Waals surface area contributed by atoms with Crippen molar-refractivity contribution >= 4 is 51.0 Å². The van der Waals surface area contributed by atoms with Crippen LogP contribution in [-0.2, 0) is 16.0 Å². The van der Waals surface area contributed by atoms with E-state index < -0.39 is 6.09 Å². The molecule has 2 fully saturated rings. The van der Waals surface area contributed by atoms with E-state index in [-0.39, 0.29) is 18.4 Å². The number of halogens is 1. The van der Waals surface area contributed by atoms with Crippen LogP contribution in [0.4, 0.5) is 9.93 Å². The number of fused-ring (bicyclic) bond motifs is 1. The van der Waals surface area contributed by atoms with Crippen LogP contribution in [0.1, 0.15) is 44.1 Å². The van der Waals surface area contributed by atoms with Gasteiger partial charge in [0.05, 0.1) is 23.4 Å². The maximum Gasteiger partial charge on any atom is 0.413 e. The van der Waals surface area contributed by atoms with Gasteiger partial charge in [-0.1, -0.05) is 49.5 Å². The van der Waals surface area contributed by atoms with Gasteiger partial charge in [-0.3, -0.25) is 10.1 Å². The number of anilines is 1. The van der Waals surface area contributed by atoms with Gasteiger partial charge in [-0.05, 0) is 42.5 Å². The van der Waals surface area contributed by atoms with Gasteiger partial charge < -0.3 is 10.1 Å². The second-order valence-electron chi connectivity index (χ2n) is 7.86. The van der Waals surface area contributed by atoms with Gasteiger partial charge >= 0.3 is 6.09 Å². The third-order valence-electron chi connectivity index (χ3n) is 6.10. The van der Waals surface area contributed by atoms with E-state index >= 15 is 0 Å². The molecule has 2 heterocycles. The number of carbonyl (C=O) groups excluding carboxylic acids is 2. The molecule has 6 nitrogen and oxygen atoms in total. The predicted molar refractivity (Wildman–Crippen MR) is 118 cm³/mol. The molecule has 158 valence electrons. The average Bonchev–Trinajstić information content (AvgIpc) is 3.34. The predicted octanol–water partition coefficient (Wildman–Crippen LogP) is 4.57. The van der Waals surface area contributed by atoms with Gasteiger partial charge in [0.2, 0.25) is 0 Å². The van der Waals surface area contributed by atoms with E-state index in [0.717, 1.165) is 28.7 Å². The first kappa shape index (κ1) is 22.0. The van der Waals surface area contributed by atoms with E-state index in [4.69, 9.17) is 0 Å². The lowest BCUT2D eigenvalue weighted by atomic mass is 9.75. The molecule has 0 spiro atoms. The number of benzene rings is 1. The summed E-state index contributed by atoms with van der Waals surface area (Å²) in [4.78, 5) is 28.8. The van der Waals surface area contributed by atoms with Crippen molar-refractivity contribution in [1.29, 1.82) is 0 Å². The molecule has 2 aromatic rings. The van der Waals surface area contributed by atoms with Crippen LogP contribution >= 0.6 is 23.7 Å². The third-order valence-corrected chi connectivity index (χ3v) is 7.03. The normalized spacial score (nSPS) is 22.2. The second kappa shape index (κ2) is 9.87. The molecular weight excluding hydrogens is 410 g/mol. The molecule has 8 heteroatoms. The Balaban J connectivity index is 0.00000240. The molecule has 1 amide bonds. The van der Waals surface area contributed by atoms with Gasteiger partial charge in [0.15, 0.2) is 10.9 Å². The fourth-order valence-corrected chi connectivity index (χ4v) is 5.64. The summed E-state index contributed by atoms with van der Waals surface area (Å²) in [5.41, 5.74) is 1.81. The first-order chi connectivity index (χ1) is 13.6. The Morgan fingerprint density at radius 2 is 2.03 bits per heavy atom. The van der Waals surface area contributed by atoms with Crippen molar-refractivity contribution in [3.8, 4) is 0 Å². The number of Topliss-reactive ketones (excluding diaryl/α,β-unsaturated/α-hetero) is 1. The lowest BCUT2D eigenvalue weighted by molar-refractivity contribution is -0.121. The summed E-state index contributed by atoms with van der Waals surface area (Å²) < 4.78 is 5.57. The fourth-order valence-electron chi connectivity index (χ4n) is 4.73. The quantitative estimate of drug-likeness (QED) is 0.716. The summed E-state index contributed by atoms with van der Waals surface area (Å²) in [5, 5.41) is 6.57. The maximum absolute atomic E-state index is 13.0. The van der Waals surface area contributed by atoms with Gasteiger partial charge in [-0.25, -0.2) is 9.78 Å². The second-order valence-corrected chi connectivity index (χ2v) is 8.89. The first-order valence-electron chi connectivity index (χ1n) is 10.1. The van der Waals surface area contributed by atoms with Crippen molar-refractivity contribution in [2.75, 3.05) is 19.0 Å². The van der Waals surface area contributed by atoms with Gasteiger partial charge in [-0.15, -0.1) is 12.4 Å². The zero-order valence-electron chi connectivity index (χ0n) is 16.6. The number of rotatable bonds is 5. The van der Waals surface area contributed by atoms with E-state index in [0.29, 0.717) is 29.2 Å². The van der Waals surface area contributed by atoms with Crippen LogP contribution in [0.5, 0.6) is 0 Å². The highest BCUT2D eigenvalue weighted by molar-refractivity contribution is 7.22. The van der Waals surface area contributed by atoms with Crippen LogP contribution < -0.4 is 10.6 Å². The molecule has 1 aromatic carbocycles. The largest absolute Gasteiger partial charge is 0.453 e. The van der Waals surface area contributed by atoms with E-state index in [1.807, 2.05) is 18.2 Å². The fraction of sp³-hybridized carbons (Fsp3) is 0.571. The number of hydrogen-bond acceptors (Lipinski definition) is 6. The Morgan fingerprint density at radius 3 is 2.79 bits per heavy atom.